The van der Waals surface area contributed by atoms with E-state index >= 15 is 0 Å². The minimum atomic E-state index is -0.125. The Kier molecular flexibility index (Phi) is 6.75. The van der Waals surface area contributed by atoms with Crippen molar-refractivity contribution in [3.05, 3.63) is 45.4 Å². The second-order valence-corrected chi connectivity index (χ2v) is 6.26. The lowest BCUT2D eigenvalue weighted by Gasteiger charge is -2.13. The zero-order valence-corrected chi connectivity index (χ0v) is 15.4. The van der Waals surface area contributed by atoms with Crippen molar-refractivity contribution in [3.63, 3.8) is 0 Å². The van der Waals surface area contributed by atoms with E-state index in [9.17, 15) is 4.79 Å². The molecule has 2 aromatic rings. The van der Waals surface area contributed by atoms with Gasteiger partial charge in [0.05, 0.1) is 11.3 Å². The molecule has 1 N–H and O–H groups in total. The smallest absolute Gasteiger partial charge is 0.255 e. The van der Waals surface area contributed by atoms with Crippen LogP contribution in [0, 0.1) is 6.92 Å². The fraction of sp³-hybridized carbons (Fsp3) is 0.444. The molecule has 1 unspecified atom stereocenters. The number of aryl methyl sites for hydroxylation is 1. The monoisotopic (exact) mass is 348 g/mol. The van der Waals surface area contributed by atoms with Crippen molar-refractivity contribution in [2.75, 3.05) is 13.2 Å². The predicted octanol–water partition coefficient (Wildman–Crippen LogP) is 3.88. The van der Waals surface area contributed by atoms with Gasteiger partial charge in [0.1, 0.15) is 23.5 Å². The van der Waals surface area contributed by atoms with E-state index in [0.29, 0.717) is 31.1 Å². The van der Waals surface area contributed by atoms with E-state index in [0.717, 1.165) is 16.3 Å². The van der Waals surface area contributed by atoms with Gasteiger partial charge in [0.25, 0.3) is 5.91 Å². The van der Waals surface area contributed by atoms with Crippen LogP contribution in [0.5, 0.6) is 5.75 Å². The second-order valence-electron chi connectivity index (χ2n) is 5.37. The highest BCUT2D eigenvalue weighted by atomic mass is 32.1. The van der Waals surface area contributed by atoms with Crippen LogP contribution in [0.15, 0.2) is 23.6 Å². The largest absolute Gasteiger partial charge is 0.486 e. The maximum atomic E-state index is 12.2. The summed E-state index contributed by atoms with van der Waals surface area (Å²) in [5.74, 6) is 0.482. The number of ether oxygens (including phenoxy) is 2. The number of nitrogens with zero attached hydrogens (tertiary/aromatic N) is 1. The summed E-state index contributed by atoms with van der Waals surface area (Å²) in [7, 11) is 0. The number of rotatable bonds is 8. The number of hydrogen-bond donors (Lipinski definition) is 1. The van der Waals surface area contributed by atoms with Gasteiger partial charge in [-0.3, -0.25) is 4.79 Å². The summed E-state index contributed by atoms with van der Waals surface area (Å²) in [5, 5.41) is 5.71. The average Bonchev–Trinajstić information content (AvgIpc) is 3.03. The van der Waals surface area contributed by atoms with Crippen molar-refractivity contribution in [1.82, 2.24) is 10.3 Å². The zero-order valence-electron chi connectivity index (χ0n) is 14.6. The second kappa shape index (κ2) is 8.80. The summed E-state index contributed by atoms with van der Waals surface area (Å²) in [5.41, 5.74) is 2.32. The van der Waals surface area contributed by atoms with Crippen LogP contribution >= 0.6 is 11.3 Å². The van der Waals surface area contributed by atoms with Crippen molar-refractivity contribution in [2.45, 2.75) is 40.4 Å². The number of carbonyl (C=O) groups is 1. The molecule has 6 heteroatoms. The molecule has 1 amide bonds. The van der Waals surface area contributed by atoms with Crippen LogP contribution in [-0.4, -0.2) is 24.0 Å². The quantitative estimate of drug-likeness (QED) is 0.786. The van der Waals surface area contributed by atoms with E-state index in [-0.39, 0.29) is 12.0 Å². The summed E-state index contributed by atoms with van der Waals surface area (Å²) < 4.78 is 11.5. The minimum absolute atomic E-state index is 0.0156. The highest BCUT2D eigenvalue weighted by Crippen LogP contribution is 2.26. The van der Waals surface area contributed by atoms with Crippen LogP contribution in [0.25, 0.3) is 0 Å². The fourth-order valence-corrected chi connectivity index (χ4v) is 3.13. The van der Waals surface area contributed by atoms with Gasteiger partial charge in [0.2, 0.25) is 0 Å². The van der Waals surface area contributed by atoms with E-state index in [1.165, 1.54) is 0 Å². The van der Waals surface area contributed by atoms with Gasteiger partial charge in [0.15, 0.2) is 0 Å². The molecule has 0 radical (unpaired) electrons. The van der Waals surface area contributed by atoms with Gasteiger partial charge in [-0.1, -0.05) is 12.1 Å². The number of carbonyl (C=O) groups excluding carboxylic acids is 1. The predicted molar refractivity (Wildman–Crippen MR) is 95.7 cm³/mol. The van der Waals surface area contributed by atoms with Gasteiger partial charge in [-0.2, -0.15) is 0 Å². The molecule has 0 fully saturated rings. The molecule has 0 aliphatic heterocycles. The molecule has 1 heterocycles. The van der Waals surface area contributed by atoms with Crippen LogP contribution in [-0.2, 0) is 11.3 Å². The summed E-state index contributed by atoms with van der Waals surface area (Å²) in [6.45, 7) is 9.35. The molecule has 0 spiro atoms. The Bertz CT molecular complexity index is 685. The lowest BCUT2D eigenvalue weighted by atomic mass is 10.1. The van der Waals surface area contributed by atoms with Crippen LogP contribution in [0.2, 0.25) is 0 Å². The molecule has 1 aromatic carbocycles. The SMILES string of the molecule is CCNC(=O)c1cccc(C)c1OCc1csc(C(C)OCC)n1. The van der Waals surface area contributed by atoms with Crippen LogP contribution < -0.4 is 10.1 Å². The van der Waals surface area contributed by atoms with Crippen molar-refractivity contribution in [3.8, 4) is 5.75 Å². The summed E-state index contributed by atoms with van der Waals surface area (Å²) >= 11 is 1.56. The highest BCUT2D eigenvalue weighted by Gasteiger charge is 2.15. The highest BCUT2D eigenvalue weighted by molar-refractivity contribution is 7.09. The van der Waals surface area contributed by atoms with Crippen molar-refractivity contribution < 1.29 is 14.3 Å². The van der Waals surface area contributed by atoms with Crippen LogP contribution in [0.4, 0.5) is 0 Å². The van der Waals surface area contributed by atoms with E-state index in [2.05, 4.69) is 10.3 Å². The average molecular weight is 348 g/mol. The standard InChI is InChI=1S/C18H24N2O3S/c1-5-19-17(21)15-9-7-8-12(3)16(15)23-10-14-11-24-18(20-14)13(4)22-6-2/h7-9,11,13H,5-6,10H2,1-4H3,(H,19,21). The van der Waals surface area contributed by atoms with Gasteiger partial charge in [-0.15, -0.1) is 11.3 Å². The molecule has 0 saturated carbocycles. The number of hydrogen-bond acceptors (Lipinski definition) is 5. The lowest BCUT2D eigenvalue weighted by molar-refractivity contribution is 0.0760. The molecule has 0 bridgehead atoms. The van der Waals surface area contributed by atoms with Crippen LogP contribution in [0.1, 0.15) is 53.5 Å². The van der Waals surface area contributed by atoms with Gasteiger partial charge in [-0.05, 0) is 39.3 Å². The van der Waals surface area contributed by atoms with Gasteiger partial charge >= 0.3 is 0 Å². The number of amides is 1. The van der Waals surface area contributed by atoms with E-state index in [4.69, 9.17) is 9.47 Å². The van der Waals surface area contributed by atoms with Crippen molar-refractivity contribution >= 4 is 17.2 Å². The summed E-state index contributed by atoms with van der Waals surface area (Å²) in [6, 6.07) is 5.57. The Hall–Kier alpha value is -1.92. The summed E-state index contributed by atoms with van der Waals surface area (Å²) in [4.78, 5) is 16.7. The number of nitrogens with one attached hydrogen (secondary N) is 1. The molecule has 1 aromatic heterocycles. The van der Waals surface area contributed by atoms with Crippen LogP contribution in [0.3, 0.4) is 0 Å². The van der Waals surface area contributed by atoms with E-state index in [1.54, 1.807) is 17.4 Å². The van der Waals surface area contributed by atoms with Gasteiger partial charge < -0.3 is 14.8 Å². The fourth-order valence-electron chi connectivity index (χ4n) is 2.32. The Balaban J connectivity index is 2.10. The summed E-state index contributed by atoms with van der Waals surface area (Å²) in [6.07, 6.45) is -0.0156. The van der Waals surface area contributed by atoms with Gasteiger partial charge in [0, 0.05) is 18.5 Å². The molecular weight excluding hydrogens is 324 g/mol. The molecule has 2 rings (SSSR count). The maximum absolute atomic E-state index is 12.2. The third-order valence-electron chi connectivity index (χ3n) is 3.49. The number of para-hydroxylation sites is 1. The first kappa shape index (κ1) is 18.4. The van der Waals surface area contributed by atoms with Crippen molar-refractivity contribution in [1.29, 1.82) is 0 Å². The zero-order chi connectivity index (χ0) is 17.5. The van der Waals surface area contributed by atoms with E-state index in [1.807, 2.05) is 45.2 Å². The third-order valence-corrected chi connectivity index (χ3v) is 4.55. The Labute approximate surface area is 147 Å². The first-order chi connectivity index (χ1) is 11.6. The molecule has 0 aliphatic rings. The van der Waals surface area contributed by atoms with E-state index < -0.39 is 0 Å². The molecule has 1 atom stereocenters. The topological polar surface area (TPSA) is 60.5 Å². The number of thiazole rings is 1. The Morgan fingerprint density at radius 1 is 1.38 bits per heavy atom. The minimum Gasteiger partial charge on any atom is -0.486 e. The Morgan fingerprint density at radius 2 is 2.17 bits per heavy atom. The van der Waals surface area contributed by atoms with Crippen molar-refractivity contribution in [2.24, 2.45) is 0 Å². The first-order valence-electron chi connectivity index (χ1n) is 8.13. The first-order valence-corrected chi connectivity index (χ1v) is 9.01. The molecule has 24 heavy (non-hydrogen) atoms. The molecule has 0 saturated heterocycles. The number of aromatic nitrogens is 1. The lowest BCUT2D eigenvalue weighted by Crippen LogP contribution is -2.23. The molecule has 0 aliphatic carbocycles. The molecule has 130 valence electrons. The molecular formula is C18H24N2O3S. The Morgan fingerprint density at radius 3 is 2.88 bits per heavy atom. The van der Waals surface area contributed by atoms with Gasteiger partial charge in [-0.25, -0.2) is 4.98 Å². The normalized spacial score (nSPS) is 12.0. The maximum Gasteiger partial charge on any atom is 0.255 e. The number of benzene rings is 1. The third kappa shape index (κ3) is 4.55. The molecule has 5 nitrogen and oxygen atoms in total.